The van der Waals surface area contributed by atoms with Crippen molar-refractivity contribution in [3.8, 4) is 0 Å². The minimum Gasteiger partial charge on any atom is -0.452 e. The number of ether oxygens (including phenoxy) is 1. The van der Waals surface area contributed by atoms with Crippen LogP contribution in [0.4, 0.5) is 4.79 Å². The number of methoxy groups -OCH3 is 1. The lowest BCUT2D eigenvalue weighted by molar-refractivity contribution is 0.175. The molecule has 0 spiro atoms. The highest BCUT2D eigenvalue weighted by Gasteiger charge is 2.33. The van der Waals surface area contributed by atoms with Crippen molar-refractivity contribution in [3.05, 3.63) is 0 Å². The van der Waals surface area contributed by atoms with Crippen molar-refractivity contribution in [2.24, 2.45) is 0 Å². The Hall–Kier alpha value is -0.860. The molecule has 0 radical (unpaired) electrons. The van der Waals surface area contributed by atoms with Crippen molar-refractivity contribution >= 4 is 16.3 Å². The molecule has 0 bridgehead atoms. The van der Waals surface area contributed by atoms with E-state index in [0.29, 0.717) is 19.6 Å². The summed E-state index contributed by atoms with van der Waals surface area (Å²) in [4.78, 5) is 10.8. The fourth-order valence-corrected chi connectivity index (χ4v) is 2.60. The van der Waals surface area contributed by atoms with Gasteiger partial charge in [0.2, 0.25) is 0 Å². The fourth-order valence-electron chi connectivity index (χ4n) is 1.31. The summed E-state index contributed by atoms with van der Waals surface area (Å²) in [5, 5.41) is 2.97. The number of carbonyl (C=O) groups excluding carboxylic acids is 1. The summed E-state index contributed by atoms with van der Waals surface area (Å²) >= 11 is 0. The van der Waals surface area contributed by atoms with Gasteiger partial charge in [-0.2, -0.15) is 12.7 Å². The van der Waals surface area contributed by atoms with E-state index in [1.165, 1.54) is 4.31 Å². The molecule has 1 aliphatic heterocycles. The number of rotatable bonds is 4. The van der Waals surface area contributed by atoms with Gasteiger partial charge in [-0.15, -0.1) is 0 Å². The average molecular weight is 237 g/mol. The summed E-state index contributed by atoms with van der Waals surface area (Å²) in [5.41, 5.74) is 0. The van der Waals surface area contributed by atoms with Gasteiger partial charge in [0.1, 0.15) is 0 Å². The molecule has 2 N–H and O–H groups in total. The maximum atomic E-state index is 11.7. The average Bonchev–Trinajstić information content (AvgIpc) is 2.09. The van der Waals surface area contributed by atoms with Crippen molar-refractivity contribution in [3.63, 3.8) is 0 Å². The van der Waals surface area contributed by atoms with Crippen molar-refractivity contribution < 1.29 is 17.9 Å². The molecule has 1 rings (SSSR count). The fraction of sp³-hybridized carbons (Fsp3) is 0.857. The zero-order valence-corrected chi connectivity index (χ0v) is 9.50. The summed E-state index contributed by atoms with van der Waals surface area (Å²) < 4.78 is 30.6. The van der Waals surface area contributed by atoms with Crippen molar-refractivity contribution in [1.82, 2.24) is 14.3 Å². The molecule has 1 aliphatic rings. The molecule has 0 aromatic heterocycles. The first-order valence-electron chi connectivity index (χ1n) is 4.59. The molecule has 7 nitrogen and oxygen atoms in total. The third kappa shape index (κ3) is 2.80. The summed E-state index contributed by atoms with van der Waals surface area (Å²) in [6, 6.07) is -0.0860. The first kappa shape index (κ1) is 12.2. The lowest BCUT2D eigenvalue weighted by atomic mass is 10.2. The molecule has 0 atom stereocenters. The Morgan fingerprint density at radius 2 is 2.20 bits per heavy atom. The van der Waals surface area contributed by atoms with Crippen LogP contribution in [0.3, 0.4) is 0 Å². The topological polar surface area (TPSA) is 87.7 Å². The van der Waals surface area contributed by atoms with Crippen LogP contribution in [0.1, 0.15) is 6.92 Å². The SMILES string of the molecule is CCN(C1CNC1)S(=O)(=O)NC(=O)OC. The highest BCUT2D eigenvalue weighted by atomic mass is 32.2. The van der Waals surface area contributed by atoms with E-state index in [1.807, 2.05) is 4.72 Å². The van der Waals surface area contributed by atoms with Gasteiger partial charge in [0, 0.05) is 19.6 Å². The second-order valence-electron chi connectivity index (χ2n) is 3.11. The smallest absolute Gasteiger partial charge is 0.421 e. The van der Waals surface area contributed by atoms with Crippen LogP contribution in [0.2, 0.25) is 0 Å². The van der Waals surface area contributed by atoms with Crippen LogP contribution in [0, 0.1) is 0 Å². The molecule has 0 saturated carbocycles. The Morgan fingerprint density at radius 1 is 1.60 bits per heavy atom. The molecular weight excluding hydrogens is 222 g/mol. The van der Waals surface area contributed by atoms with E-state index in [1.54, 1.807) is 6.92 Å². The maximum Gasteiger partial charge on any atom is 0.421 e. The second-order valence-corrected chi connectivity index (χ2v) is 4.74. The molecule has 1 amide bonds. The van der Waals surface area contributed by atoms with Crippen LogP contribution in [-0.2, 0) is 14.9 Å². The Labute approximate surface area is 89.0 Å². The predicted octanol–water partition coefficient (Wildman–Crippen LogP) is -1.12. The molecule has 0 unspecified atom stereocenters. The van der Waals surface area contributed by atoms with E-state index < -0.39 is 16.3 Å². The third-order valence-electron chi connectivity index (χ3n) is 2.19. The first-order valence-corrected chi connectivity index (χ1v) is 6.03. The summed E-state index contributed by atoms with van der Waals surface area (Å²) in [6.45, 7) is 3.25. The third-order valence-corrected chi connectivity index (χ3v) is 3.78. The summed E-state index contributed by atoms with van der Waals surface area (Å²) in [6.07, 6.45) is -0.972. The highest BCUT2D eigenvalue weighted by Crippen LogP contribution is 2.09. The minimum atomic E-state index is -3.78. The first-order chi connectivity index (χ1) is 7.01. The van der Waals surface area contributed by atoms with Gasteiger partial charge in [0.05, 0.1) is 13.2 Å². The van der Waals surface area contributed by atoms with Gasteiger partial charge in [-0.3, -0.25) is 0 Å². The quantitative estimate of drug-likeness (QED) is 0.646. The van der Waals surface area contributed by atoms with Gasteiger partial charge >= 0.3 is 16.3 Å². The molecule has 1 fully saturated rings. The zero-order chi connectivity index (χ0) is 11.5. The molecular formula is C7H15N3O4S. The van der Waals surface area contributed by atoms with E-state index in [-0.39, 0.29) is 6.04 Å². The van der Waals surface area contributed by atoms with E-state index in [0.717, 1.165) is 7.11 Å². The summed E-state index contributed by atoms with van der Waals surface area (Å²) in [7, 11) is -2.66. The number of likely N-dealkylation sites (N-methyl/N-ethyl adjacent to an activating group) is 1. The van der Waals surface area contributed by atoms with Gasteiger partial charge in [-0.1, -0.05) is 6.92 Å². The Bertz CT molecular complexity index is 325. The van der Waals surface area contributed by atoms with Crippen molar-refractivity contribution in [2.45, 2.75) is 13.0 Å². The number of hydrogen-bond acceptors (Lipinski definition) is 5. The summed E-state index contributed by atoms with van der Waals surface area (Å²) in [5.74, 6) is 0. The normalized spacial score (nSPS) is 17.3. The number of hydrogen-bond donors (Lipinski definition) is 2. The molecule has 8 heteroatoms. The van der Waals surface area contributed by atoms with Crippen molar-refractivity contribution in [2.75, 3.05) is 26.7 Å². The number of nitrogens with zero attached hydrogens (tertiary/aromatic N) is 1. The van der Waals surface area contributed by atoms with Gasteiger partial charge in [0.15, 0.2) is 0 Å². The molecule has 0 aliphatic carbocycles. The Morgan fingerprint density at radius 3 is 2.53 bits per heavy atom. The molecule has 1 heterocycles. The lowest BCUT2D eigenvalue weighted by Gasteiger charge is -2.36. The van der Waals surface area contributed by atoms with Gasteiger partial charge in [0.25, 0.3) is 0 Å². The van der Waals surface area contributed by atoms with Crippen LogP contribution in [-0.4, -0.2) is 51.6 Å². The van der Waals surface area contributed by atoms with Gasteiger partial charge in [-0.25, -0.2) is 9.52 Å². The predicted molar refractivity (Wildman–Crippen MR) is 53.5 cm³/mol. The zero-order valence-electron chi connectivity index (χ0n) is 8.69. The number of carbonyl (C=O) groups is 1. The van der Waals surface area contributed by atoms with Gasteiger partial charge in [-0.05, 0) is 0 Å². The van der Waals surface area contributed by atoms with Crippen LogP contribution in [0.25, 0.3) is 0 Å². The molecule has 1 saturated heterocycles. The van der Waals surface area contributed by atoms with E-state index in [4.69, 9.17) is 0 Å². The van der Waals surface area contributed by atoms with Gasteiger partial charge < -0.3 is 10.1 Å². The second kappa shape index (κ2) is 4.77. The highest BCUT2D eigenvalue weighted by molar-refractivity contribution is 7.87. The van der Waals surface area contributed by atoms with Crippen LogP contribution >= 0.6 is 0 Å². The standard InChI is InChI=1S/C7H15N3O4S/c1-3-10(6-4-8-5-6)15(12,13)9-7(11)14-2/h6,8H,3-5H2,1-2H3,(H,9,11). The number of amides is 1. The van der Waals surface area contributed by atoms with Crippen LogP contribution in [0.5, 0.6) is 0 Å². The monoisotopic (exact) mass is 237 g/mol. The minimum absolute atomic E-state index is 0.0860. The Balaban J connectivity index is 2.68. The Kier molecular flexibility index (Phi) is 3.89. The maximum absolute atomic E-state index is 11.7. The van der Waals surface area contributed by atoms with E-state index in [9.17, 15) is 13.2 Å². The lowest BCUT2D eigenvalue weighted by Crippen LogP contribution is -2.61. The molecule has 0 aromatic carbocycles. The van der Waals surface area contributed by atoms with E-state index in [2.05, 4.69) is 10.1 Å². The van der Waals surface area contributed by atoms with Crippen molar-refractivity contribution in [1.29, 1.82) is 0 Å². The van der Waals surface area contributed by atoms with Crippen LogP contribution < -0.4 is 10.0 Å². The molecule has 0 aromatic rings. The van der Waals surface area contributed by atoms with E-state index >= 15 is 0 Å². The number of nitrogens with one attached hydrogen (secondary N) is 2. The molecule has 88 valence electrons. The van der Waals surface area contributed by atoms with Crippen LogP contribution in [0.15, 0.2) is 0 Å². The molecule has 15 heavy (non-hydrogen) atoms. The largest absolute Gasteiger partial charge is 0.452 e.